The zero-order chi connectivity index (χ0) is 12.0. The molecule has 0 fully saturated rings. The van der Waals surface area contributed by atoms with E-state index < -0.39 is 0 Å². The minimum Gasteiger partial charge on any atom is -0.330 e. The van der Waals surface area contributed by atoms with E-state index in [1.165, 1.54) is 5.56 Å². The fourth-order valence-electron chi connectivity index (χ4n) is 1.83. The fourth-order valence-corrected chi connectivity index (χ4v) is 2.54. The lowest BCUT2D eigenvalue weighted by atomic mass is 9.91. The number of ketones is 1. The van der Waals surface area contributed by atoms with Crippen molar-refractivity contribution in [1.29, 1.82) is 0 Å². The normalized spacial score (nSPS) is 13.0. The van der Waals surface area contributed by atoms with Gasteiger partial charge in [-0.05, 0) is 41.1 Å². The van der Waals surface area contributed by atoms with Crippen molar-refractivity contribution in [3.63, 3.8) is 0 Å². The second kappa shape index (κ2) is 6.81. The molecule has 1 unspecified atom stereocenters. The van der Waals surface area contributed by atoms with Gasteiger partial charge in [-0.2, -0.15) is 11.3 Å². The average Bonchev–Trinajstić information content (AvgIpc) is 2.75. The van der Waals surface area contributed by atoms with Crippen molar-refractivity contribution >= 4 is 17.1 Å². The molecule has 0 aliphatic carbocycles. The Bertz CT molecular complexity index is 306. The Morgan fingerprint density at radius 2 is 2.25 bits per heavy atom. The molecule has 1 aromatic heterocycles. The summed E-state index contributed by atoms with van der Waals surface area (Å²) < 4.78 is 0. The summed E-state index contributed by atoms with van der Waals surface area (Å²) >= 11 is 1.68. The third-order valence-electron chi connectivity index (χ3n) is 2.74. The quantitative estimate of drug-likeness (QED) is 0.795. The molecular weight excluding hydrogens is 218 g/mol. The van der Waals surface area contributed by atoms with Crippen LogP contribution in [-0.2, 0) is 11.2 Å². The molecule has 0 spiro atoms. The van der Waals surface area contributed by atoms with Crippen LogP contribution in [0.5, 0.6) is 0 Å². The van der Waals surface area contributed by atoms with Crippen molar-refractivity contribution < 1.29 is 4.79 Å². The Morgan fingerprint density at radius 1 is 1.50 bits per heavy atom. The number of thiophene rings is 1. The van der Waals surface area contributed by atoms with E-state index in [1.54, 1.807) is 11.3 Å². The summed E-state index contributed by atoms with van der Waals surface area (Å²) in [6, 6.07) is 2.08. The van der Waals surface area contributed by atoms with Gasteiger partial charge in [0.05, 0.1) is 0 Å². The Kier molecular flexibility index (Phi) is 5.71. The molecule has 90 valence electrons. The lowest BCUT2D eigenvalue weighted by Crippen LogP contribution is -2.25. The number of carbonyl (C=O) groups is 1. The van der Waals surface area contributed by atoms with Gasteiger partial charge in [-0.25, -0.2) is 0 Å². The molecule has 2 N–H and O–H groups in total. The highest BCUT2D eigenvalue weighted by Gasteiger charge is 2.17. The number of nitrogens with two attached hydrogens (primary N) is 1. The zero-order valence-electron chi connectivity index (χ0n) is 10.1. The van der Waals surface area contributed by atoms with Gasteiger partial charge < -0.3 is 5.73 Å². The van der Waals surface area contributed by atoms with Crippen LogP contribution < -0.4 is 5.73 Å². The van der Waals surface area contributed by atoms with Crippen LogP contribution in [-0.4, -0.2) is 12.3 Å². The second-order valence-electron chi connectivity index (χ2n) is 4.66. The van der Waals surface area contributed by atoms with Gasteiger partial charge in [0.25, 0.3) is 0 Å². The zero-order valence-corrected chi connectivity index (χ0v) is 10.9. The van der Waals surface area contributed by atoms with Gasteiger partial charge in [0, 0.05) is 18.9 Å². The smallest absolute Gasteiger partial charge is 0.137 e. The molecule has 0 bridgehead atoms. The molecule has 1 atom stereocenters. The Balaban J connectivity index is 2.37. The number of hydrogen-bond donors (Lipinski definition) is 1. The predicted octanol–water partition coefficient (Wildman–Crippen LogP) is 2.87. The maximum Gasteiger partial charge on any atom is 0.137 e. The van der Waals surface area contributed by atoms with Crippen LogP contribution in [0.25, 0.3) is 0 Å². The lowest BCUT2D eigenvalue weighted by Gasteiger charge is -2.15. The maximum atomic E-state index is 11.9. The molecule has 0 aliphatic rings. The molecule has 0 saturated carbocycles. The Labute approximate surface area is 102 Å². The van der Waals surface area contributed by atoms with Crippen LogP contribution in [0.15, 0.2) is 16.8 Å². The number of carbonyl (C=O) groups excluding carboxylic acids is 1. The minimum absolute atomic E-state index is 0.0543. The first-order chi connectivity index (χ1) is 7.63. The van der Waals surface area contributed by atoms with Gasteiger partial charge in [-0.15, -0.1) is 0 Å². The third-order valence-corrected chi connectivity index (χ3v) is 3.47. The number of rotatable bonds is 7. The maximum absolute atomic E-state index is 11.9. The van der Waals surface area contributed by atoms with E-state index in [0.29, 0.717) is 24.7 Å². The van der Waals surface area contributed by atoms with Crippen LogP contribution in [0, 0.1) is 11.8 Å². The molecule has 0 aromatic carbocycles. The summed E-state index contributed by atoms with van der Waals surface area (Å²) in [6.45, 7) is 4.75. The highest BCUT2D eigenvalue weighted by molar-refractivity contribution is 7.07. The van der Waals surface area contributed by atoms with Crippen LogP contribution in [0.3, 0.4) is 0 Å². The van der Waals surface area contributed by atoms with Gasteiger partial charge in [-0.3, -0.25) is 4.79 Å². The van der Waals surface area contributed by atoms with Crippen LogP contribution in [0.1, 0.15) is 32.3 Å². The molecular formula is C13H21NOS. The molecule has 1 rings (SSSR count). The summed E-state index contributed by atoms with van der Waals surface area (Å²) in [6.07, 6.45) is 2.40. The van der Waals surface area contributed by atoms with Crippen molar-refractivity contribution in [2.45, 2.75) is 33.1 Å². The predicted molar refractivity (Wildman–Crippen MR) is 69.6 cm³/mol. The molecule has 0 aliphatic heterocycles. The molecule has 16 heavy (non-hydrogen) atoms. The number of Topliss-reactive ketones (excluding diaryl/α,β-unsaturated/α-hetero) is 1. The highest BCUT2D eigenvalue weighted by Crippen LogP contribution is 2.15. The standard InChI is InChI=1S/C13H21NOS/c1-10(2)7-12(8-14)13(15)4-3-11-5-6-16-9-11/h5-6,9-10,12H,3-4,7-8,14H2,1-2H3. The summed E-state index contributed by atoms with van der Waals surface area (Å²) in [5, 5.41) is 4.15. The van der Waals surface area contributed by atoms with Crippen molar-refractivity contribution in [2.24, 2.45) is 17.6 Å². The van der Waals surface area contributed by atoms with Crippen LogP contribution in [0.2, 0.25) is 0 Å². The summed E-state index contributed by atoms with van der Waals surface area (Å²) in [4.78, 5) is 11.9. The largest absolute Gasteiger partial charge is 0.330 e. The lowest BCUT2D eigenvalue weighted by molar-refractivity contribution is -0.123. The first-order valence-corrected chi connectivity index (χ1v) is 6.81. The molecule has 2 nitrogen and oxygen atoms in total. The summed E-state index contributed by atoms with van der Waals surface area (Å²) in [7, 11) is 0. The van der Waals surface area contributed by atoms with Crippen LogP contribution >= 0.6 is 11.3 Å². The van der Waals surface area contributed by atoms with Crippen molar-refractivity contribution in [1.82, 2.24) is 0 Å². The van der Waals surface area contributed by atoms with Crippen LogP contribution in [0.4, 0.5) is 0 Å². The number of hydrogen-bond acceptors (Lipinski definition) is 3. The fraction of sp³-hybridized carbons (Fsp3) is 0.615. The molecule has 3 heteroatoms. The first-order valence-electron chi connectivity index (χ1n) is 5.87. The van der Waals surface area contributed by atoms with Gasteiger partial charge in [0.1, 0.15) is 5.78 Å². The van der Waals surface area contributed by atoms with Crippen molar-refractivity contribution in [2.75, 3.05) is 6.54 Å². The van der Waals surface area contributed by atoms with Gasteiger partial charge in [0.2, 0.25) is 0 Å². The minimum atomic E-state index is 0.0543. The third kappa shape index (κ3) is 4.45. The van der Waals surface area contributed by atoms with E-state index in [2.05, 4.69) is 25.3 Å². The molecule has 0 radical (unpaired) electrons. The van der Waals surface area contributed by atoms with E-state index in [1.807, 2.05) is 5.38 Å². The van der Waals surface area contributed by atoms with E-state index >= 15 is 0 Å². The molecule has 0 amide bonds. The Hall–Kier alpha value is -0.670. The van der Waals surface area contributed by atoms with E-state index in [-0.39, 0.29) is 5.92 Å². The van der Waals surface area contributed by atoms with E-state index in [0.717, 1.165) is 12.8 Å². The Morgan fingerprint density at radius 3 is 2.75 bits per heavy atom. The summed E-state index contributed by atoms with van der Waals surface area (Å²) in [5.74, 6) is 0.916. The first kappa shape index (κ1) is 13.4. The highest BCUT2D eigenvalue weighted by atomic mass is 32.1. The molecule has 0 saturated heterocycles. The number of aryl methyl sites for hydroxylation is 1. The SMILES string of the molecule is CC(C)CC(CN)C(=O)CCc1ccsc1. The second-order valence-corrected chi connectivity index (χ2v) is 5.44. The van der Waals surface area contributed by atoms with Crippen molar-refractivity contribution in [3.8, 4) is 0 Å². The molecule has 1 aromatic rings. The van der Waals surface area contributed by atoms with Gasteiger partial charge in [0.15, 0.2) is 0 Å². The average molecular weight is 239 g/mol. The van der Waals surface area contributed by atoms with E-state index in [9.17, 15) is 4.79 Å². The van der Waals surface area contributed by atoms with Gasteiger partial charge >= 0.3 is 0 Å². The van der Waals surface area contributed by atoms with Crippen molar-refractivity contribution in [3.05, 3.63) is 22.4 Å². The van der Waals surface area contributed by atoms with Gasteiger partial charge in [-0.1, -0.05) is 13.8 Å². The monoisotopic (exact) mass is 239 g/mol. The molecule has 1 heterocycles. The van der Waals surface area contributed by atoms with E-state index in [4.69, 9.17) is 5.73 Å². The summed E-state index contributed by atoms with van der Waals surface area (Å²) in [5.41, 5.74) is 6.91. The topological polar surface area (TPSA) is 43.1 Å².